The zero-order valence-corrected chi connectivity index (χ0v) is 19.8. The summed E-state index contributed by atoms with van der Waals surface area (Å²) >= 11 is 0. The number of methoxy groups -OCH3 is 1. The molecule has 1 atom stereocenters. The van der Waals surface area contributed by atoms with Crippen LogP contribution in [0.15, 0.2) is 42.6 Å². The van der Waals surface area contributed by atoms with E-state index in [1.54, 1.807) is 7.11 Å². The van der Waals surface area contributed by atoms with E-state index in [1.807, 2.05) is 12.1 Å². The number of hydrogen-bond acceptors (Lipinski definition) is 2. The Kier molecular flexibility index (Phi) is 9.01. The molecule has 1 amide bonds. The molecule has 0 spiro atoms. The Labute approximate surface area is 183 Å². The summed E-state index contributed by atoms with van der Waals surface area (Å²) < 4.78 is 7.59. The van der Waals surface area contributed by atoms with Gasteiger partial charge in [-0.15, -0.1) is 0 Å². The number of carbonyl (C=O) groups is 1. The maximum Gasteiger partial charge on any atom is 0.223 e. The molecule has 166 valence electrons. The third kappa shape index (κ3) is 7.89. The zero-order chi connectivity index (χ0) is 22.1. The lowest BCUT2D eigenvalue weighted by Gasteiger charge is -2.27. The summed E-state index contributed by atoms with van der Waals surface area (Å²) in [6.45, 7) is 13.4. The van der Waals surface area contributed by atoms with Crippen molar-refractivity contribution in [2.24, 2.45) is 11.3 Å². The number of unbranched alkanes of at least 4 members (excludes halogenated alkanes) is 1. The van der Waals surface area contributed by atoms with Crippen LogP contribution in [0, 0.1) is 11.3 Å². The fourth-order valence-corrected chi connectivity index (χ4v) is 4.10. The van der Waals surface area contributed by atoms with E-state index in [0.29, 0.717) is 18.9 Å². The second-order valence-corrected chi connectivity index (χ2v) is 9.72. The van der Waals surface area contributed by atoms with Gasteiger partial charge < -0.3 is 14.2 Å². The molecule has 0 unspecified atom stereocenters. The minimum Gasteiger partial charge on any atom is -0.497 e. The molecule has 0 aliphatic heterocycles. The molecule has 0 saturated heterocycles. The quantitative estimate of drug-likeness (QED) is 0.444. The van der Waals surface area contributed by atoms with Crippen molar-refractivity contribution in [2.45, 2.75) is 73.4 Å². The van der Waals surface area contributed by atoms with Crippen molar-refractivity contribution < 1.29 is 9.53 Å². The van der Waals surface area contributed by atoms with E-state index >= 15 is 0 Å². The SMILES string of the molecule is CCCCN(Cc1cccn1Cc1cccc(OC)c1)C(=O)C[C@@H](C)CC(C)(C)C. The molecule has 0 radical (unpaired) electrons. The molecule has 4 nitrogen and oxygen atoms in total. The largest absolute Gasteiger partial charge is 0.497 e. The lowest BCUT2D eigenvalue weighted by Crippen LogP contribution is -2.33. The molecule has 0 fully saturated rings. The summed E-state index contributed by atoms with van der Waals surface area (Å²) in [7, 11) is 1.69. The Hall–Kier alpha value is -2.23. The van der Waals surface area contributed by atoms with Gasteiger partial charge in [-0.1, -0.05) is 53.2 Å². The Bertz CT molecular complexity index is 788. The van der Waals surface area contributed by atoms with Crippen LogP contribution in [-0.2, 0) is 17.9 Å². The lowest BCUT2D eigenvalue weighted by molar-refractivity contribution is -0.133. The number of aromatic nitrogens is 1. The average Bonchev–Trinajstić information content (AvgIpc) is 3.10. The van der Waals surface area contributed by atoms with E-state index in [1.165, 1.54) is 11.3 Å². The second-order valence-electron chi connectivity index (χ2n) is 9.72. The number of hydrogen-bond donors (Lipinski definition) is 0. The van der Waals surface area contributed by atoms with Gasteiger partial charge in [-0.25, -0.2) is 0 Å². The third-order valence-corrected chi connectivity index (χ3v) is 5.38. The molecule has 0 aliphatic carbocycles. The molecular formula is C26H40N2O2. The molecule has 2 aromatic rings. The first-order chi connectivity index (χ1) is 14.2. The van der Waals surface area contributed by atoms with Gasteiger partial charge in [0.2, 0.25) is 5.91 Å². The molecule has 2 rings (SSSR count). The van der Waals surface area contributed by atoms with Crippen LogP contribution in [0.5, 0.6) is 5.75 Å². The van der Waals surface area contributed by atoms with Crippen molar-refractivity contribution >= 4 is 5.91 Å². The highest BCUT2D eigenvalue weighted by molar-refractivity contribution is 5.76. The van der Waals surface area contributed by atoms with Crippen molar-refractivity contribution in [3.8, 4) is 5.75 Å². The van der Waals surface area contributed by atoms with Crippen LogP contribution < -0.4 is 4.74 Å². The van der Waals surface area contributed by atoms with Crippen LogP contribution in [0.3, 0.4) is 0 Å². The van der Waals surface area contributed by atoms with Crippen LogP contribution in [0.25, 0.3) is 0 Å². The van der Waals surface area contributed by atoms with Crippen LogP contribution in [0.4, 0.5) is 0 Å². The molecule has 1 aromatic heterocycles. The molecule has 4 heteroatoms. The molecule has 0 N–H and O–H groups in total. The first-order valence-electron chi connectivity index (χ1n) is 11.3. The van der Waals surface area contributed by atoms with E-state index in [4.69, 9.17) is 4.74 Å². The number of rotatable bonds is 11. The Balaban J connectivity index is 2.09. The standard InChI is InChI=1S/C26H40N2O2/c1-7-8-14-28(25(29)16-21(2)18-26(3,4)5)20-23-12-10-15-27(23)19-22-11-9-13-24(17-22)30-6/h9-13,15,17,21H,7-8,14,16,18-20H2,1-6H3/t21-/m1/s1. The van der Waals surface area contributed by atoms with Gasteiger partial charge in [-0.2, -0.15) is 0 Å². The van der Waals surface area contributed by atoms with Crippen LogP contribution >= 0.6 is 0 Å². The van der Waals surface area contributed by atoms with Crippen molar-refractivity contribution in [3.63, 3.8) is 0 Å². The van der Waals surface area contributed by atoms with Crippen molar-refractivity contribution in [2.75, 3.05) is 13.7 Å². The van der Waals surface area contributed by atoms with Crippen molar-refractivity contribution in [3.05, 3.63) is 53.9 Å². The minimum absolute atomic E-state index is 0.249. The van der Waals surface area contributed by atoms with E-state index in [2.05, 4.69) is 74.5 Å². The second kappa shape index (κ2) is 11.2. The van der Waals surface area contributed by atoms with Crippen LogP contribution in [-0.4, -0.2) is 29.0 Å². The van der Waals surface area contributed by atoms with Gasteiger partial charge in [0.1, 0.15) is 5.75 Å². The van der Waals surface area contributed by atoms with E-state index in [-0.39, 0.29) is 11.3 Å². The lowest BCUT2D eigenvalue weighted by atomic mass is 9.84. The van der Waals surface area contributed by atoms with Crippen molar-refractivity contribution in [1.29, 1.82) is 0 Å². The minimum atomic E-state index is 0.249. The number of amides is 1. The Morgan fingerprint density at radius 2 is 1.97 bits per heavy atom. The zero-order valence-electron chi connectivity index (χ0n) is 19.8. The van der Waals surface area contributed by atoms with Crippen LogP contribution in [0.2, 0.25) is 0 Å². The summed E-state index contributed by atoms with van der Waals surface area (Å²) in [6, 6.07) is 12.4. The van der Waals surface area contributed by atoms with Gasteiger partial charge in [-0.3, -0.25) is 4.79 Å². The summed E-state index contributed by atoms with van der Waals surface area (Å²) in [4.78, 5) is 15.2. The molecule has 30 heavy (non-hydrogen) atoms. The normalized spacial score (nSPS) is 12.6. The van der Waals surface area contributed by atoms with Gasteiger partial charge >= 0.3 is 0 Å². The number of ether oxygens (including phenoxy) is 1. The van der Waals surface area contributed by atoms with E-state index < -0.39 is 0 Å². The Morgan fingerprint density at radius 1 is 1.20 bits per heavy atom. The molecule has 0 saturated carbocycles. The van der Waals surface area contributed by atoms with E-state index in [9.17, 15) is 4.79 Å². The monoisotopic (exact) mass is 412 g/mol. The predicted molar refractivity (Wildman–Crippen MR) is 125 cm³/mol. The third-order valence-electron chi connectivity index (χ3n) is 5.38. The highest BCUT2D eigenvalue weighted by atomic mass is 16.5. The molecule has 1 aromatic carbocycles. The number of nitrogens with zero attached hydrogens (tertiary/aromatic N) is 2. The number of carbonyl (C=O) groups excluding carboxylic acids is 1. The van der Waals surface area contributed by atoms with Gasteiger partial charge in [0.05, 0.1) is 13.7 Å². The maximum absolute atomic E-state index is 13.1. The fourth-order valence-electron chi connectivity index (χ4n) is 4.10. The summed E-state index contributed by atoms with van der Waals surface area (Å²) in [5, 5.41) is 0. The number of benzene rings is 1. The van der Waals surface area contributed by atoms with Gasteiger partial charge in [0.25, 0.3) is 0 Å². The van der Waals surface area contributed by atoms with E-state index in [0.717, 1.165) is 38.1 Å². The molecule has 0 bridgehead atoms. The molecular weight excluding hydrogens is 372 g/mol. The molecule has 1 heterocycles. The fraction of sp³-hybridized carbons (Fsp3) is 0.577. The van der Waals surface area contributed by atoms with Crippen molar-refractivity contribution in [1.82, 2.24) is 9.47 Å². The maximum atomic E-state index is 13.1. The Morgan fingerprint density at radius 3 is 2.63 bits per heavy atom. The average molecular weight is 413 g/mol. The topological polar surface area (TPSA) is 34.5 Å². The van der Waals surface area contributed by atoms with Gasteiger partial charge in [-0.05, 0) is 54.0 Å². The first kappa shape index (κ1) is 24.0. The summed E-state index contributed by atoms with van der Waals surface area (Å²) in [5.74, 6) is 1.54. The smallest absolute Gasteiger partial charge is 0.223 e. The molecule has 0 aliphatic rings. The highest BCUT2D eigenvalue weighted by Crippen LogP contribution is 2.26. The highest BCUT2D eigenvalue weighted by Gasteiger charge is 2.21. The summed E-state index contributed by atoms with van der Waals surface area (Å²) in [6.07, 6.45) is 5.91. The predicted octanol–water partition coefficient (Wildman–Crippen LogP) is 6.14. The van der Waals surface area contributed by atoms with Crippen LogP contribution in [0.1, 0.15) is 71.6 Å². The first-order valence-corrected chi connectivity index (χ1v) is 11.3. The van der Waals surface area contributed by atoms with Gasteiger partial charge in [0, 0.05) is 31.4 Å². The van der Waals surface area contributed by atoms with Gasteiger partial charge in [0.15, 0.2) is 0 Å². The summed E-state index contributed by atoms with van der Waals surface area (Å²) in [5.41, 5.74) is 2.61.